The fraction of sp³-hybridized carbons (Fsp3) is 0.200. The Balaban J connectivity index is 3.45. The number of nitrogens with two attached hydrogens (primary N) is 2. The molecule has 0 unspecified atom stereocenters. The monoisotopic (exact) mass is 114 g/mol. The Morgan fingerprint density at radius 2 is 2.12 bits per heavy atom. The molecule has 0 radical (unpaired) electrons. The van der Waals surface area contributed by atoms with Crippen molar-refractivity contribution in [3.05, 3.63) is 24.4 Å². The maximum atomic E-state index is 5.18. The maximum absolute atomic E-state index is 5.18. The first-order valence-electron chi connectivity index (χ1n) is 2.16. The van der Waals surface area contributed by atoms with Gasteiger partial charge in [-0.1, -0.05) is 0 Å². The van der Waals surface area contributed by atoms with Crippen molar-refractivity contribution < 1.29 is 4.74 Å². The van der Waals surface area contributed by atoms with E-state index in [0.717, 1.165) is 0 Å². The van der Waals surface area contributed by atoms with Crippen molar-refractivity contribution in [2.75, 3.05) is 0 Å². The molecule has 0 aliphatic heterocycles. The van der Waals surface area contributed by atoms with Crippen LogP contribution in [-0.2, 0) is 4.74 Å². The minimum atomic E-state index is 0.148. The molecule has 4 N–H and O–H groups in total. The molecule has 0 aromatic carbocycles. The lowest BCUT2D eigenvalue weighted by Gasteiger charge is -1.95. The van der Waals surface area contributed by atoms with E-state index in [0.29, 0.717) is 5.70 Å². The van der Waals surface area contributed by atoms with Gasteiger partial charge < -0.3 is 16.2 Å². The number of hydrogen-bond acceptors (Lipinski definition) is 3. The Labute approximate surface area is 48.6 Å². The molecule has 0 aliphatic carbocycles. The van der Waals surface area contributed by atoms with E-state index in [1.54, 1.807) is 6.92 Å². The van der Waals surface area contributed by atoms with E-state index in [1.165, 1.54) is 6.26 Å². The summed E-state index contributed by atoms with van der Waals surface area (Å²) in [5.74, 6) is 0.148. The molecular weight excluding hydrogens is 104 g/mol. The van der Waals surface area contributed by atoms with Crippen molar-refractivity contribution in [2.45, 2.75) is 6.92 Å². The van der Waals surface area contributed by atoms with Crippen LogP contribution in [0, 0.1) is 0 Å². The lowest BCUT2D eigenvalue weighted by atomic mass is 10.6. The largest absolute Gasteiger partial charge is 0.448 e. The topological polar surface area (TPSA) is 61.3 Å². The molecule has 8 heavy (non-hydrogen) atoms. The van der Waals surface area contributed by atoms with E-state index < -0.39 is 0 Å². The third-order valence-electron chi connectivity index (χ3n) is 0.396. The summed E-state index contributed by atoms with van der Waals surface area (Å²) in [6.07, 6.45) is 1.34. The van der Waals surface area contributed by atoms with E-state index in [4.69, 9.17) is 11.5 Å². The van der Waals surface area contributed by atoms with Crippen LogP contribution < -0.4 is 11.5 Å². The fourth-order valence-corrected chi connectivity index (χ4v) is 0.169. The zero-order valence-electron chi connectivity index (χ0n) is 4.85. The molecule has 0 aliphatic rings. The van der Waals surface area contributed by atoms with E-state index in [9.17, 15) is 0 Å². The summed E-state index contributed by atoms with van der Waals surface area (Å²) in [5.41, 5.74) is 10.8. The molecule has 0 amide bonds. The quantitative estimate of drug-likeness (QED) is 0.506. The van der Waals surface area contributed by atoms with Crippen LogP contribution >= 0.6 is 0 Å². The van der Waals surface area contributed by atoms with Crippen molar-refractivity contribution in [3.8, 4) is 0 Å². The molecule has 0 heterocycles. The molecule has 3 heteroatoms. The SMILES string of the molecule is C=C(N)O/C=C(/C)N. The Bertz CT molecular complexity index is 114. The Morgan fingerprint density at radius 3 is 2.25 bits per heavy atom. The number of allylic oxidation sites excluding steroid dienone is 1. The predicted octanol–water partition coefficient (Wildman–Crippen LogP) is 0.253. The van der Waals surface area contributed by atoms with E-state index >= 15 is 0 Å². The number of hydrogen-bond donors (Lipinski definition) is 2. The zero-order valence-corrected chi connectivity index (χ0v) is 4.85. The van der Waals surface area contributed by atoms with Gasteiger partial charge in [0.25, 0.3) is 0 Å². The molecule has 0 atom stereocenters. The molecule has 0 rings (SSSR count). The van der Waals surface area contributed by atoms with Gasteiger partial charge in [-0.25, -0.2) is 0 Å². The zero-order chi connectivity index (χ0) is 6.57. The van der Waals surface area contributed by atoms with Crippen molar-refractivity contribution in [3.63, 3.8) is 0 Å². The molecular formula is C5H10N2O. The molecule has 0 saturated carbocycles. The summed E-state index contributed by atoms with van der Waals surface area (Å²) < 4.78 is 4.60. The van der Waals surface area contributed by atoms with Crippen LogP contribution in [0.2, 0.25) is 0 Å². The van der Waals surface area contributed by atoms with Crippen LogP contribution in [0.15, 0.2) is 24.4 Å². The predicted molar refractivity (Wildman–Crippen MR) is 32.4 cm³/mol. The number of rotatable bonds is 2. The summed E-state index contributed by atoms with van der Waals surface area (Å²) in [6.45, 7) is 4.98. The maximum Gasteiger partial charge on any atom is 0.182 e. The standard InChI is InChI=1S/C5H10N2O/c1-4(6)3-8-5(2)7/h3H,2,6-7H2,1H3/b4-3-. The van der Waals surface area contributed by atoms with E-state index in [1.807, 2.05) is 0 Å². The molecule has 0 bridgehead atoms. The van der Waals surface area contributed by atoms with Gasteiger partial charge in [0.1, 0.15) is 6.26 Å². The van der Waals surface area contributed by atoms with Crippen molar-refractivity contribution >= 4 is 0 Å². The van der Waals surface area contributed by atoms with Crippen LogP contribution in [0.5, 0.6) is 0 Å². The second kappa shape index (κ2) is 2.96. The Hall–Kier alpha value is -1.12. The van der Waals surface area contributed by atoms with Gasteiger partial charge in [-0.15, -0.1) is 0 Å². The van der Waals surface area contributed by atoms with Crippen LogP contribution in [0.1, 0.15) is 6.92 Å². The van der Waals surface area contributed by atoms with Crippen LogP contribution in [0.25, 0.3) is 0 Å². The van der Waals surface area contributed by atoms with Gasteiger partial charge in [-0.2, -0.15) is 0 Å². The molecule has 0 aromatic heterocycles. The van der Waals surface area contributed by atoms with Gasteiger partial charge in [0.2, 0.25) is 0 Å². The lowest BCUT2D eigenvalue weighted by Crippen LogP contribution is -1.98. The summed E-state index contributed by atoms with van der Waals surface area (Å²) in [5, 5.41) is 0. The Kier molecular flexibility index (Phi) is 2.54. The molecule has 0 spiro atoms. The highest BCUT2D eigenvalue weighted by molar-refractivity contribution is 4.88. The summed E-state index contributed by atoms with van der Waals surface area (Å²) in [6, 6.07) is 0. The third kappa shape index (κ3) is 4.88. The molecule has 0 fully saturated rings. The van der Waals surface area contributed by atoms with Crippen molar-refractivity contribution in [1.82, 2.24) is 0 Å². The second-order valence-electron chi connectivity index (χ2n) is 1.45. The van der Waals surface area contributed by atoms with Gasteiger partial charge in [-0.3, -0.25) is 0 Å². The van der Waals surface area contributed by atoms with E-state index in [-0.39, 0.29) is 5.88 Å². The molecule has 3 nitrogen and oxygen atoms in total. The second-order valence-corrected chi connectivity index (χ2v) is 1.45. The first kappa shape index (κ1) is 6.88. The third-order valence-corrected chi connectivity index (χ3v) is 0.396. The summed E-state index contributed by atoms with van der Waals surface area (Å²) in [4.78, 5) is 0. The average molecular weight is 114 g/mol. The minimum absolute atomic E-state index is 0.148. The Morgan fingerprint density at radius 1 is 1.62 bits per heavy atom. The first-order chi connectivity index (χ1) is 3.63. The van der Waals surface area contributed by atoms with E-state index in [2.05, 4.69) is 11.3 Å². The lowest BCUT2D eigenvalue weighted by molar-refractivity contribution is 0.344. The summed E-state index contributed by atoms with van der Waals surface area (Å²) in [7, 11) is 0. The highest BCUT2D eigenvalue weighted by Gasteiger charge is 1.78. The van der Waals surface area contributed by atoms with Crippen LogP contribution in [0.3, 0.4) is 0 Å². The normalized spacial score (nSPS) is 10.9. The van der Waals surface area contributed by atoms with Gasteiger partial charge in [0.05, 0.1) is 0 Å². The van der Waals surface area contributed by atoms with Gasteiger partial charge in [-0.05, 0) is 13.5 Å². The van der Waals surface area contributed by atoms with Crippen molar-refractivity contribution in [1.29, 1.82) is 0 Å². The smallest absolute Gasteiger partial charge is 0.182 e. The van der Waals surface area contributed by atoms with Crippen molar-refractivity contribution in [2.24, 2.45) is 11.5 Å². The van der Waals surface area contributed by atoms with Crippen LogP contribution in [0.4, 0.5) is 0 Å². The first-order valence-corrected chi connectivity index (χ1v) is 2.16. The van der Waals surface area contributed by atoms with Crippen LogP contribution in [-0.4, -0.2) is 0 Å². The fourth-order valence-electron chi connectivity index (χ4n) is 0.169. The van der Waals surface area contributed by atoms with Gasteiger partial charge in [0.15, 0.2) is 5.88 Å². The molecule has 46 valence electrons. The molecule has 0 aromatic rings. The van der Waals surface area contributed by atoms with Gasteiger partial charge >= 0.3 is 0 Å². The average Bonchev–Trinajstić information content (AvgIpc) is 1.61. The minimum Gasteiger partial charge on any atom is -0.448 e. The molecule has 0 saturated heterocycles. The highest BCUT2D eigenvalue weighted by atomic mass is 16.5. The summed E-state index contributed by atoms with van der Waals surface area (Å²) >= 11 is 0. The van der Waals surface area contributed by atoms with Gasteiger partial charge in [0, 0.05) is 5.70 Å². The highest BCUT2D eigenvalue weighted by Crippen LogP contribution is 1.85. The number of ether oxygens (including phenoxy) is 1.